The van der Waals surface area contributed by atoms with Gasteiger partial charge < -0.3 is 10.6 Å². The van der Waals surface area contributed by atoms with E-state index < -0.39 is 15.7 Å². The maximum absolute atomic E-state index is 13.8. The molecule has 2 heterocycles. The molecule has 1 fully saturated rings. The van der Waals surface area contributed by atoms with Gasteiger partial charge in [-0.25, -0.2) is 12.8 Å². The smallest absolute Gasteiger partial charge is 0.191 e. The van der Waals surface area contributed by atoms with Crippen molar-refractivity contribution in [1.29, 1.82) is 0 Å². The number of aliphatic imine (C=N–C) groups is 1. The van der Waals surface area contributed by atoms with Crippen LogP contribution in [0.25, 0.3) is 0 Å². The average molecular weight is 575 g/mol. The van der Waals surface area contributed by atoms with Crippen molar-refractivity contribution in [1.82, 2.24) is 20.5 Å². The minimum absolute atomic E-state index is 0. The van der Waals surface area contributed by atoms with E-state index >= 15 is 0 Å². The molecule has 176 valence electrons. The second-order valence-corrected chi connectivity index (χ2v) is 9.60. The zero-order valence-electron chi connectivity index (χ0n) is 18.2. The molecule has 0 saturated carbocycles. The standard InChI is InChI=1S/C22H30FN5O2S.HI/c1-2-24-22(26-13-16-31(29,30)21-9-4-3-8-20(21)23)27-18-10-14-28(15-11-18)17-19-7-5-6-12-25-19;/h3-9,12,18H,2,10-11,13-17H2,1H3,(H2,24,26,27);1H. The molecule has 1 aliphatic heterocycles. The molecule has 2 aromatic rings. The van der Waals surface area contributed by atoms with Gasteiger partial charge in [0.05, 0.1) is 18.0 Å². The summed E-state index contributed by atoms with van der Waals surface area (Å²) in [5.41, 5.74) is 1.07. The summed E-state index contributed by atoms with van der Waals surface area (Å²) in [5.74, 6) is -0.379. The third-order valence-corrected chi connectivity index (χ3v) is 6.91. The van der Waals surface area contributed by atoms with Gasteiger partial charge in [0.1, 0.15) is 10.7 Å². The van der Waals surface area contributed by atoms with Crippen LogP contribution in [0, 0.1) is 5.82 Å². The van der Waals surface area contributed by atoms with Crippen LogP contribution >= 0.6 is 24.0 Å². The molecule has 0 radical (unpaired) electrons. The van der Waals surface area contributed by atoms with Crippen LogP contribution in [0.4, 0.5) is 4.39 Å². The highest BCUT2D eigenvalue weighted by Crippen LogP contribution is 2.15. The summed E-state index contributed by atoms with van der Waals surface area (Å²) < 4.78 is 38.6. The normalized spacial score (nSPS) is 15.8. The minimum atomic E-state index is -3.72. The number of likely N-dealkylation sites (tertiary alicyclic amines) is 1. The fourth-order valence-corrected chi connectivity index (χ4v) is 4.76. The van der Waals surface area contributed by atoms with Crippen LogP contribution in [-0.2, 0) is 16.4 Å². The molecule has 0 amide bonds. The van der Waals surface area contributed by atoms with E-state index in [2.05, 4.69) is 25.5 Å². The molecule has 1 aromatic heterocycles. The third-order valence-electron chi connectivity index (χ3n) is 5.19. The summed E-state index contributed by atoms with van der Waals surface area (Å²) in [6.45, 7) is 5.44. The average Bonchev–Trinajstić information content (AvgIpc) is 2.76. The lowest BCUT2D eigenvalue weighted by molar-refractivity contribution is 0.196. The van der Waals surface area contributed by atoms with Gasteiger partial charge in [-0.2, -0.15) is 0 Å². The van der Waals surface area contributed by atoms with Gasteiger partial charge in [0, 0.05) is 38.4 Å². The van der Waals surface area contributed by atoms with E-state index in [0.717, 1.165) is 44.2 Å². The number of hydrogen-bond donors (Lipinski definition) is 2. The fourth-order valence-electron chi connectivity index (χ4n) is 3.55. The molecular formula is C22H31FIN5O2S. The van der Waals surface area contributed by atoms with Gasteiger partial charge in [0.15, 0.2) is 15.8 Å². The molecule has 1 aromatic carbocycles. The highest BCUT2D eigenvalue weighted by Gasteiger charge is 2.21. The first-order chi connectivity index (χ1) is 15.0. The van der Waals surface area contributed by atoms with Crippen LogP contribution in [0.5, 0.6) is 0 Å². The number of pyridine rings is 1. The van der Waals surface area contributed by atoms with Crippen molar-refractivity contribution in [2.45, 2.75) is 37.2 Å². The van der Waals surface area contributed by atoms with Crippen LogP contribution in [0.15, 0.2) is 58.5 Å². The first kappa shape index (κ1) is 26.5. The Labute approximate surface area is 206 Å². The van der Waals surface area contributed by atoms with Gasteiger partial charge in [-0.1, -0.05) is 18.2 Å². The zero-order chi connectivity index (χ0) is 22.1. The number of benzene rings is 1. The van der Waals surface area contributed by atoms with Crippen molar-refractivity contribution in [3.05, 3.63) is 60.2 Å². The number of piperidine rings is 1. The molecule has 0 spiro atoms. The Bertz CT molecular complexity index is 967. The van der Waals surface area contributed by atoms with Crippen molar-refractivity contribution in [3.63, 3.8) is 0 Å². The van der Waals surface area contributed by atoms with Crippen molar-refractivity contribution in [2.24, 2.45) is 4.99 Å². The summed E-state index contributed by atoms with van der Waals surface area (Å²) in [4.78, 5) is 10.9. The predicted molar refractivity (Wildman–Crippen MR) is 136 cm³/mol. The Kier molecular flexibility index (Phi) is 10.8. The van der Waals surface area contributed by atoms with E-state index in [1.807, 2.05) is 31.3 Å². The van der Waals surface area contributed by atoms with Crippen molar-refractivity contribution < 1.29 is 12.8 Å². The summed E-state index contributed by atoms with van der Waals surface area (Å²) in [5, 5.41) is 6.57. The Morgan fingerprint density at radius 1 is 1.19 bits per heavy atom. The lowest BCUT2D eigenvalue weighted by Gasteiger charge is -2.32. The van der Waals surface area contributed by atoms with Gasteiger partial charge in [-0.05, 0) is 44.0 Å². The van der Waals surface area contributed by atoms with Gasteiger partial charge in [-0.3, -0.25) is 14.9 Å². The maximum Gasteiger partial charge on any atom is 0.191 e. The Balaban J connectivity index is 0.00000363. The number of rotatable bonds is 8. The fraction of sp³-hybridized carbons (Fsp3) is 0.455. The highest BCUT2D eigenvalue weighted by atomic mass is 127. The van der Waals surface area contributed by atoms with E-state index in [-0.39, 0.29) is 47.2 Å². The molecule has 1 aliphatic rings. The molecule has 32 heavy (non-hydrogen) atoms. The third kappa shape index (κ3) is 7.96. The van der Waals surface area contributed by atoms with Gasteiger partial charge in [0.25, 0.3) is 0 Å². The highest BCUT2D eigenvalue weighted by molar-refractivity contribution is 14.0. The first-order valence-corrected chi connectivity index (χ1v) is 12.3. The van der Waals surface area contributed by atoms with Gasteiger partial charge in [-0.15, -0.1) is 24.0 Å². The van der Waals surface area contributed by atoms with E-state index in [4.69, 9.17) is 0 Å². The maximum atomic E-state index is 13.8. The lowest BCUT2D eigenvalue weighted by atomic mass is 10.0. The summed E-state index contributed by atoms with van der Waals surface area (Å²) in [6, 6.07) is 11.7. The zero-order valence-corrected chi connectivity index (χ0v) is 21.4. The van der Waals surface area contributed by atoms with Crippen molar-refractivity contribution in [2.75, 3.05) is 31.9 Å². The molecule has 1 saturated heterocycles. The number of halogens is 2. The largest absolute Gasteiger partial charge is 0.357 e. The number of aromatic nitrogens is 1. The van der Waals surface area contributed by atoms with E-state index in [0.29, 0.717) is 12.5 Å². The molecule has 0 bridgehead atoms. The van der Waals surface area contributed by atoms with Crippen LogP contribution in [0.2, 0.25) is 0 Å². The quantitative estimate of drug-likeness (QED) is 0.286. The minimum Gasteiger partial charge on any atom is -0.357 e. The molecule has 3 rings (SSSR count). The topological polar surface area (TPSA) is 86.7 Å². The van der Waals surface area contributed by atoms with Crippen LogP contribution in [0.1, 0.15) is 25.5 Å². The number of nitrogens with zero attached hydrogens (tertiary/aromatic N) is 3. The second-order valence-electron chi connectivity index (χ2n) is 7.53. The van der Waals surface area contributed by atoms with E-state index in [9.17, 15) is 12.8 Å². The number of hydrogen-bond acceptors (Lipinski definition) is 5. The summed E-state index contributed by atoms with van der Waals surface area (Å²) in [6.07, 6.45) is 3.74. The second kappa shape index (κ2) is 13.0. The molecule has 0 aliphatic carbocycles. The van der Waals surface area contributed by atoms with Crippen LogP contribution in [0.3, 0.4) is 0 Å². The molecule has 2 N–H and O–H groups in total. The molecular weight excluding hydrogens is 544 g/mol. The Hall–Kier alpha value is -1.79. The number of sulfone groups is 1. The SMILES string of the molecule is CCNC(=NCCS(=O)(=O)c1ccccc1F)NC1CCN(Cc2ccccn2)CC1.I. The molecule has 10 heteroatoms. The van der Waals surface area contributed by atoms with Gasteiger partial charge >= 0.3 is 0 Å². The number of guanidine groups is 1. The lowest BCUT2D eigenvalue weighted by Crippen LogP contribution is -2.48. The van der Waals surface area contributed by atoms with E-state index in [1.165, 1.54) is 18.2 Å². The summed E-state index contributed by atoms with van der Waals surface area (Å²) in [7, 11) is -3.72. The van der Waals surface area contributed by atoms with Crippen molar-refractivity contribution in [3.8, 4) is 0 Å². The Morgan fingerprint density at radius 2 is 1.91 bits per heavy atom. The molecule has 0 atom stereocenters. The number of nitrogens with one attached hydrogen (secondary N) is 2. The summed E-state index contributed by atoms with van der Waals surface area (Å²) >= 11 is 0. The van der Waals surface area contributed by atoms with Crippen LogP contribution < -0.4 is 10.6 Å². The van der Waals surface area contributed by atoms with Crippen molar-refractivity contribution >= 4 is 39.8 Å². The predicted octanol–water partition coefficient (Wildman–Crippen LogP) is 2.83. The first-order valence-electron chi connectivity index (χ1n) is 10.6. The molecule has 7 nitrogen and oxygen atoms in total. The van der Waals surface area contributed by atoms with Gasteiger partial charge in [0.2, 0.25) is 0 Å². The van der Waals surface area contributed by atoms with E-state index in [1.54, 1.807) is 0 Å². The Morgan fingerprint density at radius 3 is 2.56 bits per heavy atom. The monoisotopic (exact) mass is 575 g/mol. The molecule has 0 unspecified atom stereocenters. The van der Waals surface area contributed by atoms with Crippen LogP contribution in [-0.4, -0.2) is 62.2 Å².